The van der Waals surface area contributed by atoms with Gasteiger partial charge >= 0.3 is 8.60 Å². The molecular formula is C16H15O3P. The van der Waals surface area contributed by atoms with E-state index in [-0.39, 0.29) is 0 Å². The van der Waals surface area contributed by atoms with Crippen LogP contribution < -0.4 is 9.05 Å². The van der Waals surface area contributed by atoms with Crippen LogP contribution in [0.15, 0.2) is 61.7 Å². The van der Waals surface area contributed by atoms with Crippen molar-refractivity contribution in [3.8, 4) is 11.5 Å². The highest BCUT2D eigenvalue weighted by Gasteiger charge is 2.14. The zero-order valence-corrected chi connectivity index (χ0v) is 11.8. The molecule has 2 aromatic carbocycles. The van der Waals surface area contributed by atoms with Gasteiger partial charge in [0, 0.05) is 11.1 Å². The molecule has 0 aliphatic carbocycles. The van der Waals surface area contributed by atoms with Gasteiger partial charge in [-0.2, -0.15) is 0 Å². The van der Waals surface area contributed by atoms with Gasteiger partial charge in [-0.05, 0) is 12.1 Å². The van der Waals surface area contributed by atoms with E-state index in [0.29, 0.717) is 11.5 Å². The monoisotopic (exact) mass is 286 g/mol. The molecule has 0 atom stereocenters. The van der Waals surface area contributed by atoms with Crippen molar-refractivity contribution >= 4 is 20.8 Å². The minimum absolute atomic E-state index is 0.534. The van der Waals surface area contributed by atoms with Gasteiger partial charge < -0.3 is 13.9 Å². The van der Waals surface area contributed by atoms with Crippen LogP contribution in [0.5, 0.6) is 11.5 Å². The highest BCUT2D eigenvalue weighted by molar-refractivity contribution is 7.41. The topological polar surface area (TPSA) is 38.7 Å². The predicted molar refractivity (Wildman–Crippen MR) is 83.5 cm³/mol. The zero-order chi connectivity index (χ0) is 14.4. The van der Waals surface area contributed by atoms with Crippen molar-refractivity contribution in [1.82, 2.24) is 0 Å². The molecule has 20 heavy (non-hydrogen) atoms. The normalized spacial score (nSPS) is 10.1. The maximum absolute atomic E-state index is 9.95. The van der Waals surface area contributed by atoms with E-state index in [1.165, 1.54) is 0 Å². The lowest BCUT2D eigenvalue weighted by molar-refractivity contribution is 0.381. The van der Waals surface area contributed by atoms with E-state index in [2.05, 4.69) is 13.2 Å². The Hall–Kier alpha value is -2.09. The molecule has 4 heteroatoms. The zero-order valence-electron chi connectivity index (χ0n) is 10.9. The lowest BCUT2D eigenvalue weighted by Crippen LogP contribution is -1.96. The van der Waals surface area contributed by atoms with Crippen molar-refractivity contribution in [3.05, 3.63) is 72.8 Å². The molecule has 2 rings (SSSR count). The van der Waals surface area contributed by atoms with E-state index in [1.54, 1.807) is 24.3 Å². The number of benzene rings is 2. The SMILES string of the molecule is C=Cc1ccccc1OP(O)Oc1ccccc1C=C. The molecular weight excluding hydrogens is 271 g/mol. The summed E-state index contributed by atoms with van der Waals surface area (Å²) in [6.45, 7) is 7.40. The van der Waals surface area contributed by atoms with Gasteiger partial charge in [0.1, 0.15) is 11.5 Å². The smallest absolute Gasteiger partial charge is 0.417 e. The van der Waals surface area contributed by atoms with Crippen LogP contribution in [0, 0.1) is 0 Å². The minimum Gasteiger partial charge on any atom is -0.417 e. The van der Waals surface area contributed by atoms with Crippen LogP contribution in [-0.2, 0) is 0 Å². The van der Waals surface area contributed by atoms with Gasteiger partial charge in [-0.25, -0.2) is 0 Å². The summed E-state index contributed by atoms with van der Waals surface area (Å²) in [5.74, 6) is 1.07. The highest BCUT2D eigenvalue weighted by atomic mass is 31.2. The average Bonchev–Trinajstić information content (AvgIpc) is 2.48. The molecule has 0 saturated carbocycles. The van der Waals surface area contributed by atoms with Crippen LogP contribution in [0.3, 0.4) is 0 Å². The molecule has 102 valence electrons. The van der Waals surface area contributed by atoms with Crippen molar-refractivity contribution in [2.24, 2.45) is 0 Å². The molecule has 0 aliphatic rings. The summed E-state index contributed by atoms with van der Waals surface area (Å²) in [7, 11) is -2.07. The molecule has 0 amide bonds. The van der Waals surface area contributed by atoms with Crippen LogP contribution in [0.1, 0.15) is 11.1 Å². The molecule has 0 radical (unpaired) electrons. The van der Waals surface area contributed by atoms with Crippen molar-refractivity contribution in [2.45, 2.75) is 0 Å². The molecule has 3 nitrogen and oxygen atoms in total. The first-order valence-corrected chi connectivity index (χ1v) is 7.15. The Bertz CT molecular complexity index is 557. The van der Waals surface area contributed by atoms with Crippen LogP contribution in [0.4, 0.5) is 0 Å². The van der Waals surface area contributed by atoms with Crippen LogP contribution in [0.25, 0.3) is 12.2 Å². The standard InChI is InChI=1S/C16H15O3P/c1-3-13-9-5-7-11-15(13)18-20(17)19-16-12-8-6-10-14(16)4-2/h3-12,17H,1-2H2. The average molecular weight is 286 g/mol. The molecule has 0 aromatic heterocycles. The Labute approximate surface area is 119 Å². The Morgan fingerprint density at radius 3 is 1.60 bits per heavy atom. The third-order valence-electron chi connectivity index (χ3n) is 2.63. The number of hydrogen-bond donors (Lipinski definition) is 1. The summed E-state index contributed by atoms with van der Waals surface area (Å²) >= 11 is 0. The van der Waals surface area contributed by atoms with Crippen LogP contribution in [0.2, 0.25) is 0 Å². The Kier molecular flexibility index (Phi) is 4.94. The van der Waals surface area contributed by atoms with Gasteiger partial charge in [-0.1, -0.05) is 61.7 Å². The van der Waals surface area contributed by atoms with E-state index in [9.17, 15) is 4.89 Å². The summed E-state index contributed by atoms with van der Waals surface area (Å²) in [5.41, 5.74) is 1.60. The third-order valence-corrected chi connectivity index (χ3v) is 3.34. The number of rotatable bonds is 6. The first-order chi connectivity index (χ1) is 9.74. The van der Waals surface area contributed by atoms with Gasteiger partial charge in [0.05, 0.1) is 0 Å². The minimum atomic E-state index is -2.07. The molecule has 0 saturated heterocycles. The van der Waals surface area contributed by atoms with Gasteiger partial charge in [0.15, 0.2) is 0 Å². The van der Waals surface area contributed by atoms with E-state index in [4.69, 9.17) is 9.05 Å². The van der Waals surface area contributed by atoms with Crippen molar-refractivity contribution in [2.75, 3.05) is 0 Å². The second-order valence-corrected chi connectivity index (χ2v) is 4.75. The van der Waals surface area contributed by atoms with Crippen molar-refractivity contribution in [3.63, 3.8) is 0 Å². The van der Waals surface area contributed by atoms with Gasteiger partial charge in [0.25, 0.3) is 0 Å². The first kappa shape index (κ1) is 14.3. The molecule has 0 aliphatic heterocycles. The summed E-state index contributed by atoms with van der Waals surface area (Å²) in [6.07, 6.45) is 3.33. The maximum Gasteiger partial charge on any atom is 0.460 e. The Morgan fingerprint density at radius 2 is 1.20 bits per heavy atom. The van der Waals surface area contributed by atoms with Crippen molar-refractivity contribution < 1.29 is 13.9 Å². The number of para-hydroxylation sites is 2. The van der Waals surface area contributed by atoms with E-state index in [0.717, 1.165) is 11.1 Å². The lowest BCUT2D eigenvalue weighted by atomic mass is 10.2. The van der Waals surface area contributed by atoms with E-state index in [1.807, 2.05) is 36.4 Å². The molecule has 0 spiro atoms. The second kappa shape index (κ2) is 6.90. The molecule has 0 bridgehead atoms. The molecule has 0 fully saturated rings. The van der Waals surface area contributed by atoms with Gasteiger partial charge in [-0.15, -0.1) is 0 Å². The van der Waals surface area contributed by atoms with Gasteiger partial charge in [-0.3, -0.25) is 0 Å². The summed E-state index contributed by atoms with van der Waals surface area (Å²) < 4.78 is 10.9. The second-order valence-electron chi connectivity index (χ2n) is 3.90. The lowest BCUT2D eigenvalue weighted by Gasteiger charge is -2.15. The fourth-order valence-corrected chi connectivity index (χ4v) is 2.36. The molecule has 0 heterocycles. The van der Waals surface area contributed by atoms with E-state index < -0.39 is 8.60 Å². The fraction of sp³-hybridized carbons (Fsp3) is 0. The van der Waals surface area contributed by atoms with Gasteiger partial charge in [0.2, 0.25) is 0 Å². The van der Waals surface area contributed by atoms with Crippen LogP contribution >= 0.6 is 8.60 Å². The van der Waals surface area contributed by atoms with Crippen LogP contribution in [-0.4, -0.2) is 4.89 Å². The maximum atomic E-state index is 9.95. The summed E-state index contributed by atoms with van der Waals surface area (Å²) in [5, 5.41) is 0. The Morgan fingerprint density at radius 1 is 0.800 bits per heavy atom. The van der Waals surface area contributed by atoms with Crippen molar-refractivity contribution in [1.29, 1.82) is 0 Å². The molecule has 0 unspecified atom stereocenters. The summed E-state index contributed by atoms with van der Waals surface area (Å²) in [6, 6.07) is 14.6. The molecule has 2 aromatic rings. The third kappa shape index (κ3) is 3.47. The highest BCUT2D eigenvalue weighted by Crippen LogP contribution is 2.39. The summed E-state index contributed by atoms with van der Waals surface area (Å²) in [4.78, 5) is 9.95. The predicted octanol–water partition coefficient (Wildman–Crippen LogP) is 4.65. The fourth-order valence-electron chi connectivity index (χ4n) is 1.65. The quantitative estimate of drug-likeness (QED) is 0.785. The Balaban J connectivity index is 2.11. The number of hydrogen-bond acceptors (Lipinski definition) is 3. The largest absolute Gasteiger partial charge is 0.460 e. The molecule has 1 N–H and O–H groups in total. The van der Waals surface area contributed by atoms with E-state index >= 15 is 0 Å². The first-order valence-electron chi connectivity index (χ1n) is 6.02.